The second-order valence-electron chi connectivity index (χ2n) is 3.21. The van der Waals surface area contributed by atoms with Gasteiger partial charge >= 0.3 is 8.80 Å². The van der Waals surface area contributed by atoms with E-state index < -0.39 is 13.8 Å². The molecule has 0 heterocycles. The highest BCUT2D eigenvalue weighted by Gasteiger charge is 2.58. The molecule has 0 aromatic carbocycles. The van der Waals surface area contributed by atoms with Crippen molar-refractivity contribution in [1.82, 2.24) is 0 Å². The minimum atomic E-state index is -3.87. The van der Waals surface area contributed by atoms with Gasteiger partial charge in [-0.25, -0.2) is 13.7 Å². The molecule has 0 radical (unpaired) electrons. The zero-order valence-electron chi connectivity index (χ0n) is 7.56. The van der Waals surface area contributed by atoms with E-state index in [1.54, 1.807) is 13.8 Å². The number of hydrogen-bond donors (Lipinski definition) is 3. The highest BCUT2D eigenvalue weighted by molar-refractivity contribution is 6.63. The summed E-state index contributed by atoms with van der Waals surface area (Å²) in [4.78, 5) is 0. The van der Waals surface area contributed by atoms with Crippen molar-refractivity contribution in [3.63, 3.8) is 0 Å². The molecule has 0 aliphatic carbocycles. The van der Waals surface area contributed by atoms with Crippen LogP contribution in [0.25, 0.3) is 0 Å². The molecule has 3 N–H and O–H groups in total. The molecule has 0 fully saturated rings. The number of rotatable bonds is 6. The molecule has 0 atom stereocenters. The Morgan fingerprint density at radius 3 is 1.85 bits per heavy atom. The third-order valence-corrected chi connectivity index (χ3v) is 4.43. The van der Waals surface area contributed by atoms with Gasteiger partial charge in [0.15, 0.2) is 0 Å². The van der Waals surface area contributed by atoms with Gasteiger partial charge in [0.2, 0.25) is 0 Å². The molecule has 6 nitrogen and oxygen atoms in total. The Balaban J connectivity index is 4.78. The predicted molar refractivity (Wildman–Crippen MR) is 45.8 cm³/mol. The summed E-state index contributed by atoms with van der Waals surface area (Å²) in [5.74, 6) is 0. The molecule has 0 aromatic heterocycles. The van der Waals surface area contributed by atoms with E-state index in [2.05, 4.69) is 20.3 Å². The lowest BCUT2D eigenvalue weighted by molar-refractivity contribution is -0.325. The number of hydrogen-bond acceptors (Lipinski definition) is 6. The smallest absolute Gasteiger partial charge is 0.258 e. The molecular formula is C6H14O6Si. The van der Waals surface area contributed by atoms with Gasteiger partial charge in [0.1, 0.15) is 0 Å². The quantitative estimate of drug-likeness (QED) is 0.268. The van der Waals surface area contributed by atoms with E-state index in [1.807, 2.05) is 0 Å². The molecule has 78 valence electrons. The first kappa shape index (κ1) is 12.7. The highest BCUT2D eigenvalue weighted by atomic mass is 28.4. The van der Waals surface area contributed by atoms with Crippen molar-refractivity contribution in [2.45, 2.75) is 25.3 Å². The summed E-state index contributed by atoms with van der Waals surface area (Å²) in [5.41, 5.74) is 0. The second-order valence-corrected chi connectivity index (χ2v) is 6.22. The monoisotopic (exact) mass is 210 g/mol. The van der Waals surface area contributed by atoms with Crippen molar-refractivity contribution in [1.29, 1.82) is 0 Å². The topological polar surface area (TPSA) is 88.4 Å². The standard InChI is InChI=1S/C6H14O6Si/c1-4-5-6(2,3)13(10-7,11-8)12-9/h4,7-9H,1,5H2,2-3H3. The van der Waals surface area contributed by atoms with Gasteiger partial charge in [0.25, 0.3) is 0 Å². The van der Waals surface area contributed by atoms with Crippen LogP contribution in [0.2, 0.25) is 5.04 Å². The van der Waals surface area contributed by atoms with Crippen LogP contribution < -0.4 is 0 Å². The van der Waals surface area contributed by atoms with Crippen molar-refractivity contribution >= 4 is 8.80 Å². The Hall–Kier alpha value is -0.283. The van der Waals surface area contributed by atoms with Gasteiger partial charge in [-0.05, 0) is 6.42 Å². The summed E-state index contributed by atoms with van der Waals surface area (Å²) in [5, 5.41) is 24.6. The van der Waals surface area contributed by atoms with E-state index in [9.17, 15) is 0 Å². The molecule has 0 spiro atoms. The van der Waals surface area contributed by atoms with E-state index in [1.165, 1.54) is 6.08 Å². The van der Waals surface area contributed by atoms with Gasteiger partial charge in [-0.3, -0.25) is 15.8 Å². The zero-order valence-corrected chi connectivity index (χ0v) is 8.56. The molecular weight excluding hydrogens is 196 g/mol. The second kappa shape index (κ2) is 4.82. The number of allylic oxidation sites excluding steroid dienone is 1. The lowest BCUT2D eigenvalue weighted by Gasteiger charge is -2.33. The van der Waals surface area contributed by atoms with Crippen molar-refractivity contribution in [3.8, 4) is 0 Å². The van der Waals surface area contributed by atoms with Gasteiger partial charge in [0, 0.05) is 5.04 Å². The molecule has 0 bridgehead atoms. The SMILES string of the molecule is C=CCC(C)(C)[Si](OO)(OO)OO. The Bertz CT molecular complexity index is 158. The molecule has 0 aliphatic rings. The lowest BCUT2D eigenvalue weighted by Crippen LogP contribution is -2.52. The van der Waals surface area contributed by atoms with Crippen molar-refractivity contribution in [2.75, 3.05) is 0 Å². The first-order chi connectivity index (χ1) is 5.99. The highest BCUT2D eigenvalue weighted by Crippen LogP contribution is 2.41. The molecule has 7 heteroatoms. The van der Waals surface area contributed by atoms with Crippen LogP contribution in [0.15, 0.2) is 12.7 Å². The van der Waals surface area contributed by atoms with E-state index in [4.69, 9.17) is 15.8 Å². The van der Waals surface area contributed by atoms with Crippen LogP contribution in [-0.4, -0.2) is 24.6 Å². The van der Waals surface area contributed by atoms with Gasteiger partial charge in [-0.2, -0.15) is 0 Å². The Morgan fingerprint density at radius 2 is 1.62 bits per heavy atom. The average molecular weight is 210 g/mol. The van der Waals surface area contributed by atoms with Crippen molar-refractivity contribution in [3.05, 3.63) is 12.7 Å². The third kappa shape index (κ3) is 2.35. The fraction of sp³-hybridized carbons (Fsp3) is 0.667. The van der Waals surface area contributed by atoms with Gasteiger partial charge in [-0.1, -0.05) is 19.9 Å². The molecule has 0 saturated carbocycles. The summed E-state index contributed by atoms with van der Waals surface area (Å²) in [6, 6.07) is 0. The fourth-order valence-electron chi connectivity index (χ4n) is 0.907. The van der Waals surface area contributed by atoms with Crippen LogP contribution in [0.1, 0.15) is 20.3 Å². The van der Waals surface area contributed by atoms with Crippen molar-refractivity contribution in [2.24, 2.45) is 0 Å². The summed E-state index contributed by atoms with van der Waals surface area (Å²) in [6.45, 7) is 6.65. The van der Waals surface area contributed by atoms with E-state index in [0.717, 1.165) is 0 Å². The van der Waals surface area contributed by atoms with Crippen LogP contribution in [0.4, 0.5) is 0 Å². The molecule has 0 amide bonds. The predicted octanol–water partition coefficient (Wildman–Crippen LogP) is 1.75. The lowest BCUT2D eigenvalue weighted by atomic mass is 10.1. The minimum Gasteiger partial charge on any atom is -0.258 e. The molecule has 0 aromatic rings. The van der Waals surface area contributed by atoms with Crippen LogP contribution in [0.5, 0.6) is 0 Å². The maximum Gasteiger partial charge on any atom is 0.589 e. The normalized spacial score (nSPS) is 13.0. The maximum absolute atomic E-state index is 8.50. The summed E-state index contributed by atoms with van der Waals surface area (Å²) < 4.78 is 11.7. The fourth-order valence-corrected chi connectivity index (χ4v) is 2.14. The average Bonchev–Trinajstić information content (AvgIpc) is 2.07. The van der Waals surface area contributed by atoms with Gasteiger partial charge in [-0.15, -0.1) is 6.58 Å². The first-order valence-corrected chi connectivity index (χ1v) is 5.30. The van der Waals surface area contributed by atoms with Crippen molar-refractivity contribution < 1.29 is 29.5 Å². The van der Waals surface area contributed by atoms with E-state index in [-0.39, 0.29) is 0 Å². The van der Waals surface area contributed by atoms with Crippen LogP contribution in [-0.2, 0) is 13.7 Å². The molecule has 0 saturated heterocycles. The Morgan fingerprint density at radius 1 is 1.23 bits per heavy atom. The molecule has 0 unspecified atom stereocenters. The molecule has 0 aliphatic heterocycles. The van der Waals surface area contributed by atoms with Crippen LogP contribution in [0.3, 0.4) is 0 Å². The maximum atomic E-state index is 8.50. The summed E-state index contributed by atoms with van der Waals surface area (Å²) in [6.07, 6.45) is 1.86. The largest absolute Gasteiger partial charge is 0.589 e. The minimum absolute atomic E-state index is 0.334. The Labute approximate surface area is 77.1 Å². The van der Waals surface area contributed by atoms with Gasteiger partial charge in [0.05, 0.1) is 0 Å². The van der Waals surface area contributed by atoms with Crippen LogP contribution >= 0.6 is 0 Å². The molecule has 0 rings (SSSR count). The zero-order chi connectivity index (χ0) is 10.5. The molecule has 13 heavy (non-hydrogen) atoms. The summed E-state index contributed by atoms with van der Waals surface area (Å²) in [7, 11) is -3.87. The van der Waals surface area contributed by atoms with E-state index in [0.29, 0.717) is 6.42 Å². The van der Waals surface area contributed by atoms with Crippen LogP contribution in [0, 0.1) is 0 Å². The summed E-state index contributed by atoms with van der Waals surface area (Å²) >= 11 is 0. The van der Waals surface area contributed by atoms with Gasteiger partial charge < -0.3 is 0 Å². The Kier molecular flexibility index (Phi) is 4.71. The third-order valence-electron chi connectivity index (χ3n) is 1.84. The van der Waals surface area contributed by atoms with E-state index >= 15 is 0 Å². The first-order valence-electron chi connectivity index (χ1n) is 3.58.